The number of halogens is 1. The Balaban J connectivity index is 0.00000176. The van der Waals surface area contributed by atoms with Gasteiger partial charge in [0.2, 0.25) is 5.91 Å². The molecule has 1 aromatic carbocycles. The standard InChI is InChI=1S/C18H26N2O.ClH/c1-13-3-5-15(6-4-13)14(2)12-20-17(21)16-11-18(16)7-9-19-10-8-18;/h3-6,14,16,19H,7-12H2,1-2H3,(H,20,21);1H. The second kappa shape index (κ2) is 7.01. The number of hydrogen-bond donors (Lipinski definition) is 2. The minimum absolute atomic E-state index is 0. The summed E-state index contributed by atoms with van der Waals surface area (Å²) in [4.78, 5) is 12.3. The van der Waals surface area contributed by atoms with Crippen molar-refractivity contribution in [3.05, 3.63) is 35.4 Å². The van der Waals surface area contributed by atoms with Crippen molar-refractivity contribution < 1.29 is 4.79 Å². The van der Waals surface area contributed by atoms with Crippen LogP contribution >= 0.6 is 12.4 Å². The summed E-state index contributed by atoms with van der Waals surface area (Å²) in [6, 6.07) is 8.60. The molecule has 1 saturated heterocycles. The topological polar surface area (TPSA) is 41.1 Å². The van der Waals surface area contributed by atoms with E-state index in [-0.39, 0.29) is 24.2 Å². The molecule has 4 heteroatoms. The van der Waals surface area contributed by atoms with Crippen LogP contribution in [0.2, 0.25) is 0 Å². The fourth-order valence-corrected chi connectivity index (χ4v) is 3.59. The van der Waals surface area contributed by atoms with Gasteiger partial charge in [0, 0.05) is 12.5 Å². The van der Waals surface area contributed by atoms with E-state index in [0.717, 1.165) is 26.1 Å². The largest absolute Gasteiger partial charge is 0.355 e. The fraction of sp³-hybridized carbons (Fsp3) is 0.611. The van der Waals surface area contributed by atoms with Crippen LogP contribution in [0.4, 0.5) is 0 Å². The lowest BCUT2D eigenvalue weighted by atomic mass is 9.91. The van der Waals surface area contributed by atoms with Crippen LogP contribution in [0.25, 0.3) is 0 Å². The third-order valence-corrected chi connectivity index (χ3v) is 5.33. The zero-order valence-electron chi connectivity index (χ0n) is 13.5. The second-order valence-electron chi connectivity index (χ2n) is 6.93. The highest BCUT2D eigenvalue weighted by Crippen LogP contribution is 2.58. The number of piperidine rings is 1. The highest BCUT2D eigenvalue weighted by molar-refractivity contribution is 5.85. The van der Waals surface area contributed by atoms with E-state index in [2.05, 4.69) is 48.7 Å². The van der Waals surface area contributed by atoms with Gasteiger partial charge in [0.05, 0.1) is 0 Å². The van der Waals surface area contributed by atoms with Gasteiger partial charge in [-0.2, -0.15) is 0 Å². The summed E-state index contributed by atoms with van der Waals surface area (Å²) < 4.78 is 0. The number of benzene rings is 1. The van der Waals surface area contributed by atoms with E-state index in [1.54, 1.807) is 0 Å². The quantitative estimate of drug-likeness (QED) is 0.894. The Bertz CT molecular complexity index is 508. The molecule has 2 fully saturated rings. The van der Waals surface area contributed by atoms with Gasteiger partial charge < -0.3 is 10.6 Å². The smallest absolute Gasteiger partial charge is 0.223 e. The van der Waals surface area contributed by atoms with Gasteiger partial charge in [-0.25, -0.2) is 0 Å². The van der Waals surface area contributed by atoms with Crippen molar-refractivity contribution in [1.29, 1.82) is 0 Å². The van der Waals surface area contributed by atoms with Gasteiger partial charge in [0.25, 0.3) is 0 Å². The average molecular weight is 323 g/mol. The molecule has 2 unspecified atom stereocenters. The molecular formula is C18H27ClN2O. The molecule has 0 radical (unpaired) electrons. The molecule has 22 heavy (non-hydrogen) atoms. The Kier molecular flexibility index (Phi) is 5.51. The molecule has 1 aliphatic carbocycles. The van der Waals surface area contributed by atoms with E-state index in [1.165, 1.54) is 24.0 Å². The molecule has 1 spiro atoms. The summed E-state index contributed by atoms with van der Waals surface area (Å²) in [5, 5.41) is 6.55. The van der Waals surface area contributed by atoms with E-state index >= 15 is 0 Å². The van der Waals surface area contributed by atoms with Crippen molar-refractivity contribution in [3.63, 3.8) is 0 Å². The van der Waals surface area contributed by atoms with Crippen molar-refractivity contribution in [1.82, 2.24) is 10.6 Å². The molecule has 3 rings (SSSR count). The Morgan fingerprint density at radius 1 is 1.32 bits per heavy atom. The van der Waals surface area contributed by atoms with Gasteiger partial charge >= 0.3 is 0 Å². The molecule has 2 N–H and O–H groups in total. The number of carbonyl (C=O) groups excluding carboxylic acids is 1. The molecule has 0 bridgehead atoms. The molecule has 1 aromatic rings. The van der Waals surface area contributed by atoms with Crippen LogP contribution < -0.4 is 10.6 Å². The van der Waals surface area contributed by atoms with Gasteiger partial charge in [-0.1, -0.05) is 36.8 Å². The molecule has 0 aromatic heterocycles. The van der Waals surface area contributed by atoms with Gasteiger partial charge in [0.1, 0.15) is 0 Å². The Hall–Kier alpha value is -1.06. The van der Waals surface area contributed by atoms with Crippen LogP contribution in [0.5, 0.6) is 0 Å². The van der Waals surface area contributed by atoms with E-state index < -0.39 is 0 Å². The van der Waals surface area contributed by atoms with Crippen molar-refractivity contribution >= 4 is 18.3 Å². The summed E-state index contributed by atoms with van der Waals surface area (Å²) in [6.07, 6.45) is 3.43. The fourth-order valence-electron chi connectivity index (χ4n) is 3.59. The number of aryl methyl sites for hydroxylation is 1. The van der Waals surface area contributed by atoms with Crippen LogP contribution in [-0.4, -0.2) is 25.5 Å². The van der Waals surface area contributed by atoms with Crippen LogP contribution in [0.15, 0.2) is 24.3 Å². The van der Waals surface area contributed by atoms with Crippen LogP contribution in [0.1, 0.15) is 43.2 Å². The number of rotatable bonds is 4. The van der Waals surface area contributed by atoms with Crippen LogP contribution in [0, 0.1) is 18.3 Å². The zero-order chi connectivity index (χ0) is 14.9. The summed E-state index contributed by atoms with van der Waals surface area (Å²) in [6.45, 7) is 7.17. The molecule has 3 nitrogen and oxygen atoms in total. The maximum Gasteiger partial charge on any atom is 0.223 e. The molecule has 1 saturated carbocycles. The first-order valence-corrected chi connectivity index (χ1v) is 8.16. The third kappa shape index (κ3) is 3.64. The van der Waals surface area contributed by atoms with Crippen molar-refractivity contribution in [2.24, 2.45) is 11.3 Å². The second-order valence-corrected chi connectivity index (χ2v) is 6.93. The van der Waals surface area contributed by atoms with Gasteiger partial charge in [-0.15, -0.1) is 12.4 Å². The monoisotopic (exact) mass is 322 g/mol. The molecule has 2 aliphatic rings. The highest BCUT2D eigenvalue weighted by atomic mass is 35.5. The summed E-state index contributed by atoms with van der Waals surface area (Å²) in [5.41, 5.74) is 2.91. The summed E-state index contributed by atoms with van der Waals surface area (Å²) in [7, 11) is 0. The molecule has 1 amide bonds. The van der Waals surface area contributed by atoms with Crippen molar-refractivity contribution in [2.45, 2.75) is 39.0 Å². The molecule has 1 aliphatic heterocycles. The highest BCUT2D eigenvalue weighted by Gasteiger charge is 2.57. The number of nitrogens with one attached hydrogen (secondary N) is 2. The molecule has 2 atom stereocenters. The van der Waals surface area contributed by atoms with Gasteiger partial charge in [0.15, 0.2) is 0 Å². The molecule has 1 heterocycles. The minimum atomic E-state index is 0. The lowest BCUT2D eigenvalue weighted by Crippen LogP contribution is -2.34. The van der Waals surface area contributed by atoms with E-state index in [1.807, 2.05) is 0 Å². The first-order valence-electron chi connectivity index (χ1n) is 8.16. The Morgan fingerprint density at radius 3 is 2.59 bits per heavy atom. The van der Waals surface area contributed by atoms with Crippen LogP contribution in [0.3, 0.4) is 0 Å². The van der Waals surface area contributed by atoms with E-state index in [4.69, 9.17) is 0 Å². The van der Waals surface area contributed by atoms with Gasteiger partial charge in [-0.3, -0.25) is 4.79 Å². The third-order valence-electron chi connectivity index (χ3n) is 5.33. The number of hydrogen-bond acceptors (Lipinski definition) is 2. The van der Waals surface area contributed by atoms with Crippen LogP contribution in [-0.2, 0) is 4.79 Å². The average Bonchev–Trinajstić information content (AvgIpc) is 3.19. The maximum atomic E-state index is 12.3. The zero-order valence-corrected chi connectivity index (χ0v) is 14.3. The summed E-state index contributed by atoms with van der Waals surface area (Å²) >= 11 is 0. The maximum absolute atomic E-state index is 12.3. The lowest BCUT2D eigenvalue weighted by molar-refractivity contribution is -0.123. The van der Waals surface area contributed by atoms with Crippen molar-refractivity contribution in [3.8, 4) is 0 Å². The predicted molar refractivity (Wildman–Crippen MR) is 92.5 cm³/mol. The first-order chi connectivity index (χ1) is 10.1. The SMILES string of the molecule is Cc1ccc(C(C)CNC(=O)C2CC23CCNCC3)cc1.Cl. The summed E-state index contributed by atoms with van der Waals surface area (Å²) in [5.74, 6) is 0.915. The first kappa shape index (κ1) is 17.3. The number of amides is 1. The normalized spacial score (nSPS) is 23.5. The Labute approximate surface area is 139 Å². The Morgan fingerprint density at radius 2 is 1.95 bits per heavy atom. The van der Waals surface area contributed by atoms with E-state index in [9.17, 15) is 4.79 Å². The lowest BCUT2D eigenvalue weighted by Gasteiger charge is -2.23. The number of carbonyl (C=O) groups is 1. The minimum Gasteiger partial charge on any atom is -0.355 e. The molecular weight excluding hydrogens is 296 g/mol. The van der Waals surface area contributed by atoms with E-state index in [0.29, 0.717) is 11.3 Å². The molecule has 122 valence electrons. The van der Waals surface area contributed by atoms with Crippen molar-refractivity contribution in [2.75, 3.05) is 19.6 Å². The predicted octanol–water partition coefficient (Wildman–Crippen LogP) is 3.03. The van der Waals surface area contributed by atoms with Gasteiger partial charge in [-0.05, 0) is 56.2 Å².